The first-order valence-corrected chi connectivity index (χ1v) is 15.2. The molecule has 8 nitrogen and oxygen atoms in total. The number of halogens is 2. The summed E-state index contributed by atoms with van der Waals surface area (Å²) in [4.78, 5) is 41.3. The molecular weight excluding hydrogens is 530 g/mol. The van der Waals surface area contributed by atoms with Crippen LogP contribution < -0.4 is 11.1 Å². The summed E-state index contributed by atoms with van der Waals surface area (Å²) in [6, 6.07) is 5.55. The maximum atomic E-state index is 14.0. The van der Waals surface area contributed by atoms with E-state index in [1.165, 1.54) is 17.1 Å². The molecule has 1 aromatic carbocycles. The number of hydrogen-bond acceptors (Lipinski definition) is 4. The van der Waals surface area contributed by atoms with E-state index in [0.717, 1.165) is 44.9 Å². The number of amides is 2. The van der Waals surface area contributed by atoms with Crippen LogP contribution in [0.25, 0.3) is 10.9 Å². The normalized spacial score (nSPS) is 26.3. The van der Waals surface area contributed by atoms with E-state index in [1.807, 2.05) is 0 Å². The van der Waals surface area contributed by atoms with Gasteiger partial charge >= 0.3 is 5.97 Å². The average Bonchev–Trinajstić information content (AvgIpc) is 3.59. The van der Waals surface area contributed by atoms with Crippen molar-refractivity contribution in [1.29, 1.82) is 0 Å². The molecule has 224 valence electrons. The van der Waals surface area contributed by atoms with E-state index >= 15 is 0 Å². The van der Waals surface area contributed by atoms with Crippen LogP contribution in [0.3, 0.4) is 0 Å². The van der Waals surface area contributed by atoms with Gasteiger partial charge in [0.05, 0.1) is 6.54 Å². The van der Waals surface area contributed by atoms with Crippen molar-refractivity contribution in [1.82, 2.24) is 9.47 Å². The van der Waals surface area contributed by atoms with E-state index in [-0.39, 0.29) is 41.8 Å². The van der Waals surface area contributed by atoms with Crippen LogP contribution in [0.1, 0.15) is 74.7 Å². The number of aromatic carboxylic acids is 1. The van der Waals surface area contributed by atoms with Gasteiger partial charge in [-0.25, -0.2) is 13.6 Å². The monoisotopic (exact) mass is 572 g/mol. The Morgan fingerprint density at radius 2 is 1.73 bits per heavy atom. The van der Waals surface area contributed by atoms with Gasteiger partial charge in [-0.2, -0.15) is 0 Å². The fourth-order valence-electron chi connectivity index (χ4n) is 7.68. The summed E-state index contributed by atoms with van der Waals surface area (Å²) >= 11 is 0. The molecule has 2 saturated carbocycles. The first-order valence-electron chi connectivity index (χ1n) is 15.2. The fraction of sp³-hybridized carbons (Fsp3) is 0.645. The first-order chi connectivity index (χ1) is 19.8. The van der Waals surface area contributed by atoms with Gasteiger partial charge in [-0.3, -0.25) is 9.59 Å². The third-order valence-electron chi connectivity index (χ3n) is 9.85. The molecule has 5 rings (SSSR count). The molecule has 0 spiro atoms. The van der Waals surface area contributed by atoms with Crippen molar-refractivity contribution in [2.24, 2.45) is 29.4 Å². The van der Waals surface area contributed by atoms with Gasteiger partial charge in [0.1, 0.15) is 25.1 Å². The van der Waals surface area contributed by atoms with Crippen LogP contribution in [0.5, 0.6) is 0 Å². The van der Waals surface area contributed by atoms with Crippen molar-refractivity contribution in [3.63, 3.8) is 0 Å². The van der Waals surface area contributed by atoms with E-state index in [1.54, 1.807) is 23.1 Å². The molecule has 3 atom stereocenters. The van der Waals surface area contributed by atoms with Crippen LogP contribution in [0.2, 0.25) is 0 Å². The number of aryl methyl sites for hydroxylation is 1. The summed E-state index contributed by atoms with van der Waals surface area (Å²) in [5.74, 6) is -0.959. The second-order valence-electron chi connectivity index (χ2n) is 12.2. The van der Waals surface area contributed by atoms with Crippen LogP contribution >= 0.6 is 0 Å². The predicted molar refractivity (Wildman–Crippen MR) is 153 cm³/mol. The lowest BCUT2D eigenvalue weighted by Gasteiger charge is -2.36. The number of carbonyl (C=O) groups is 3. The number of hydrogen-bond donors (Lipinski definition) is 3. The molecule has 10 heteroatoms. The molecule has 0 radical (unpaired) electrons. The third kappa shape index (κ3) is 6.12. The van der Waals surface area contributed by atoms with Crippen LogP contribution in [-0.2, 0) is 16.1 Å². The number of carboxylic acids is 1. The van der Waals surface area contributed by atoms with E-state index in [0.29, 0.717) is 41.9 Å². The lowest BCUT2D eigenvalue weighted by atomic mass is 9.76. The number of nitrogens with one attached hydrogen (secondary N) is 1. The molecular formula is C31H42F2N4O4. The second kappa shape index (κ2) is 12.9. The van der Waals surface area contributed by atoms with Crippen molar-refractivity contribution in [3.8, 4) is 0 Å². The number of nitrogens with two attached hydrogens (primary N) is 1. The predicted octanol–water partition coefficient (Wildman–Crippen LogP) is 5.15. The van der Waals surface area contributed by atoms with Crippen LogP contribution in [-0.4, -0.2) is 64.3 Å². The minimum Gasteiger partial charge on any atom is -0.477 e. The Bertz CT molecular complexity index is 1250. The molecule has 3 aliphatic rings. The van der Waals surface area contributed by atoms with Gasteiger partial charge in [-0.1, -0.05) is 32.1 Å². The molecule has 3 fully saturated rings. The molecule has 0 unspecified atom stereocenters. The Morgan fingerprint density at radius 1 is 1.00 bits per heavy atom. The van der Waals surface area contributed by atoms with Gasteiger partial charge in [-0.15, -0.1) is 0 Å². The molecule has 4 N–H and O–H groups in total. The molecule has 2 aliphatic carbocycles. The summed E-state index contributed by atoms with van der Waals surface area (Å²) in [6.07, 6.45) is 9.17. The number of nitrogens with zero attached hydrogens (tertiary/aromatic N) is 2. The highest BCUT2D eigenvalue weighted by Crippen LogP contribution is 2.41. The number of alkyl halides is 2. The zero-order valence-electron chi connectivity index (χ0n) is 23.6. The highest BCUT2D eigenvalue weighted by atomic mass is 19.1. The Balaban J connectivity index is 1.36. The Kier molecular flexibility index (Phi) is 9.26. The molecule has 1 aliphatic heterocycles. The van der Waals surface area contributed by atoms with Gasteiger partial charge < -0.3 is 25.6 Å². The summed E-state index contributed by atoms with van der Waals surface area (Å²) < 4.78 is 27.7. The maximum absolute atomic E-state index is 14.0. The zero-order chi connectivity index (χ0) is 29.1. The topological polar surface area (TPSA) is 118 Å². The van der Waals surface area contributed by atoms with Gasteiger partial charge in [0.2, 0.25) is 11.8 Å². The minimum atomic E-state index is -1.14. The molecule has 2 aromatic rings. The number of anilines is 1. The SMILES string of the molecule is N[C@H](CF)C1CCC(C(=O)N2CC[C@@H](C3CCCCC3)[C@H]2C(=O)Nc2ccc3c(c2)cc(C(=O)O)n3CCF)CC1. The van der Waals surface area contributed by atoms with E-state index in [4.69, 9.17) is 5.73 Å². The molecule has 0 bridgehead atoms. The van der Waals surface area contributed by atoms with Gasteiger partial charge in [0.15, 0.2) is 0 Å². The highest BCUT2D eigenvalue weighted by molar-refractivity contribution is 6.01. The van der Waals surface area contributed by atoms with Crippen molar-refractivity contribution >= 4 is 34.4 Å². The third-order valence-corrected chi connectivity index (χ3v) is 9.85. The quantitative estimate of drug-likeness (QED) is 0.384. The van der Waals surface area contributed by atoms with Crippen molar-refractivity contribution in [2.75, 3.05) is 25.2 Å². The summed E-state index contributed by atoms with van der Waals surface area (Å²) in [5, 5.41) is 13.2. The fourth-order valence-corrected chi connectivity index (χ4v) is 7.68. The first kappa shape index (κ1) is 29.5. The molecule has 1 saturated heterocycles. The van der Waals surface area contributed by atoms with Gasteiger partial charge in [0, 0.05) is 35.1 Å². The smallest absolute Gasteiger partial charge is 0.352 e. The minimum absolute atomic E-state index is 0.00625. The number of aromatic nitrogens is 1. The van der Waals surface area contributed by atoms with Gasteiger partial charge in [0.25, 0.3) is 0 Å². The van der Waals surface area contributed by atoms with Crippen molar-refractivity contribution in [3.05, 3.63) is 30.0 Å². The van der Waals surface area contributed by atoms with Crippen molar-refractivity contribution < 1.29 is 28.3 Å². The lowest BCUT2D eigenvalue weighted by Crippen LogP contribution is -2.50. The van der Waals surface area contributed by atoms with E-state index in [9.17, 15) is 28.3 Å². The zero-order valence-corrected chi connectivity index (χ0v) is 23.6. The van der Waals surface area contributed by atoms with Crippen LogP contribution in [0, 0.1) is 23.7 Å². The van der Waals surface area contributed by atoms with Crippen molar-refractivity contribution in [2.45, 2.75) is 82.8 Å². The summed E-state index contributed by atoms with van der Waals surface area (Å²) in [5.41, 5.74) is 7.02. The molecule has 2 amide bonds. The molecule has 1 aromatic heterocycles. The number of likely N-dealkylation sites (tertiary alicyclic amines) is 1. The Labute approximate surface area is 239 Å². The number of carboxylic acid groups (broad SMARTS) is 1. The highest BCUT2D eigenvalue weighted by Gasteiger charge is 2.47. The van der Waals surface area contributed by atoms with Crippen LogP contribution in [0.15, 0.2) is 24.3 Å². The lowest BCUT2D eigenvalue weighted by molar-refractivity contribution is -0.142. The number of benzene rings is 1. The standard InChI is InChI=1S/C31H42F2N4O4/c32-13-15-36-26-11-10-23(16-22(26)17-27(36)31(40)41)35-29(38)28-24(19-4-2-1-3-5-19)12-14-37(28)30(39)21-8-6-20(7-9-21)25(34)18-33/h10-11,16-17,19-21,24-25,28H,1-9,12-15,18,34H2,(H,35,38)(H,40,41)/t20?,21?,24-,25+,28-/m0/s1. The van der Waals surface area contributed by atoms with Crippen LogP contribution in [0.4, 0.5) is 14.5 Å². The van der Waals surface area contributed by atoms with E-state index in [2.05, 4.69) is 5.32 Å². The maximum Gasteiger partial charge on any atom is 0.352 e. The largest absolute Gasteiger partial charge is 0.477 e. The molecule has 2 heterocycles. The number of rotatable bonds is 9. The number of fused-ring (bicyclic) bond motifs is 1. The molecule has 41 heavy (non-hydrogen) atoms. The Morgan fingerprint density at radius 3 is 2.39 bits per heavy atom. The second-order valence-corrected chi connectivity index (χ2v) is 12.2. The Hall–Kier alpha value is -3.01. The van der Waals surface area contributed by atoms with E-state index < -0.39 is 31.4 Å². The summed E-state index contributed by atoms with van der Waals surface area (Å²) in [7, 11) is 0. The number of carbonyl (C=O) groups excluding carboxylic acids is 2. The summed E-state index contributed by atoms with van der Waals surface area (Å²) in [6.45, 7) is -0.762. The van der Waals surface area contributed by atoms with Gasteiger partial charge in [-0.05, 0) is 74.1 Å². The average molecular weight is 573 g/mol.